The predicted molar refractivity (Wildman–Crippen MR) is 238 cm³/mol. The molecule has 0 spiro atoms. The van der Waals surface area contributed by atoms with E-state index in [0.717, 1.165) is 57.8 Å². The summed E-state index contributed by atoms with van der Waals surface area (Å²) in [5.74, 6) is -0.711. The zero-order valence-electron chi connectivity index (χ0n) is 37.5. The largest absolute Gasteiger partial charge is 0.394 e. The van der Waals surface area contributed by atoms with Crippen LogP contribution in [0.3, 0.4) is 0 Å². The van der Waals surface area contributed by atoms with Crippen LogP contribution in [0.1, 0.15) is 206 Å². The molecule has 1 heterocycles. The Morgan fingerprint density at radius 1 is 0.576 bits per heavy atom. The second-order valence-corrected chi connectivity index (χ2v) is 17.2. The highest BCUT2D eigenvalue weighted by atomic mass is 16.7. The van der Waals surface area contributed by atoms with Gasteiger partial charge in [-0.05, 0) is 64.2 Å². The maximum absolute atomic E-state index is 13.1. The molecule has 1 fully saturated rings. The van der Waals surface area contributed by atoms with Gasteiger partial charge in [0.05, 0.1) is 25.4 Å². The maximum Gasteiger partial charge on any atom is 0.249 e. The molecule has 348 valence electrons. The fourth-order valence-corrected chi connectivity index (χ4v) is 7.67. The van der Waals surface area contributed by atoms with E-state index in [9.17, 15) is 40.5 Å². The summed E-state index contributed by atoms with van der Waals surface area (Å²) in [6, 6.07) is -1.18. The standard InChI is InChI=1S/C48H91NO10/c1-3-5-7-9-11-13-15-17-19-21-23-25-27-29-31-33-35-40(51)43(53)39(38-58-48-46(56)45(55)44(54)42(37-50)59-48)49-47(57)41(52)36-34-32-30-28-26-24-22-20-18-16-14-12-10-8-6-4-2/h18,20,27,29,39-46,48,50-56H,3-17,19,21-26,28,30-38H2,1-2H3,(H,49,57)/b20-18-,29-27+. The summed E-state index contributed by atoms with van der Waals surface area (Å²) in [6.45, 7) is 3.42. The number of aliphatic hydroxyl groups excluding tert-OH is 7. The second-order valence-electron chi connectivity index (χ2n) is 17.2. The Kier molecular flexibility index (Phi) is 36.1. The van der Waals surface area contributed by atoms with Crippen molar-refractivity contribution < 1.29 is 50.0 Å². The first-order valence-corrected chi connectivity index (χ1v) is 24.2. The van der Waals surface area contributed by atoms with Gasteiger partial charge in [0.1, 0.15) is 36.6 Å². The molecule has 1 rings (SSSR count). The number of unbranched alkanes of at least 4 members (excludes halogenated alkanes) is 24. The zero-order valence-corrected chi connectivity index (χ0v) is 37.5. The first kappa shape index (κ1) is 55.6. The summed E-state index contributed by atoms with van der Waals surface area (Å²) in [7, 11) is 0. The third-order valence-corrected chi connectivity index (χ3v) is 11.7. The molecule has 1 aliphatic rings. The monoisotopic (exact) mass is 842 g/mol. The van der Waals surface area contributed by atoms with Gasteiger partial charge >= 0.3 is 0 Å². The Labute approximate surface area is 359 Å². The van der Waals surface area contributed by atoms with Crippen molar-refractivity contribution in [2.45, 2.75) is 262 Å². The van der Waals surface area contributed by atoms with Gasteiger partial charge < -0.3 is 50.5 Å². The van der Waals surface area contributed by atoms with Crippen LogP contribution < -0.4 is 5.32 Å². The van der Waals surface area contributed by atoms with Crippen molar-refractivity contribution in [2.75, 3.05) is 13.2 Å². The Bertz CT molecular complexity index is 1010. The summed E-state index contributed by atoms with van der Waals surface area (Å²) >= 11 is 0. The van der Waals surface area contributed by atoms with E-state index < -0.39 is 74.2 Å². The average molecular weight is 842 g/mol. The minimum Gasteiger partial charge on any atom is -0.394 e. The molecule has 1 saturated heterocycles. The normalized spacial score (nSPS) is 21.9. The summed E-state index contributed by atoms with van der Waals surface area (Å²) in [4.78, 5) is 13.1. The van der Waals surface area contributed by atoms with Gasteiger partial charge in [0.2, 0.25) is 5.91 Å². The van der Waals surface area contributed by atoms with Gasteiger partial charge in [0.15, 0.2) is 6.29 Å². The third kappa shape index (κ3) is 28.0. The lowest BCUT2D eigenvalue weighted by Crippen LogP contribution is -2.60. The number of ether oxygens (including phenoxy) is 2. The molecule has 0 saturated carbocycles. The number of carbonyl (C=O) groups is 1. The van der Waals surface area contributed by atoms with E-state index in [4.69, 9.17) is 9.47 Å². The molecule has 11 nitrogen and oxygen atoms in total. The molecule has 9 unspecified atom stereocenters. The molecule has 9 atom stereocenters. The van der Waals surface area contributed by atoms with Gasteiger partial charge in [-0.15, -0.1) is 0 Å². The van der Waals surface area contributed by atoms with E-state index in [1.165, 1.54) is 109 Å². The van der Waals surface area contributed by atoms with E-state index in [0.29, 0.717) is 12.8 Å². The number of allylic oxidation sites excluding steroid dienone is 4. The molecule has 8 N–H and O–H groups in total. The van der Waals surface area contributed by atoms with Crippen molar-refractivity contribution >= 4 is 5.91 Å². The lowest BCUT2D eigenvalue weighted by Gasteiger charge is -2.40. The molecule has 59 heavy (non-hydrogen) atoms. The highest BCUT2D eigenvalue weighted by Crippen LogP contribution is 2.23. The van der Waals surface area contributed by atoms with Gasteiger partial charge in [-0.3, -0.25) is 4.79 Å². The molecule has 0 aromatic heterocycles. The van der Waals surface area contributed by atoms with Crippen molar-refractivity contribution in [3.63, 3.8) is 0 Å². The van der Waals surface area contributed by atoms with Crippen LogP contribution in [0.15, 0.2) is 24.3 Å². The van der Waals surface area contributed by atoms with Crippen molar-refractivity contribution in [3.8, 4) is 0 Å². The molecule has 1 aliphatic heterocycles. The fourth-order valence-electron chi connectivity index (χ4n) is 7.67. The smallest absolute Gasteiger partial charge is 0.249 e. The molecule has 0 aromatic rings. The molecule has 1 amide bonds. The van der Waals surface area contributed by atoms with Gasteiger partial charge in [0.25, 0.3) is 0 Å². The molecule has 0 aliphatic carbocycles. The van der Waals surface area contributed by atoms with E-state index in [1.54, 1.807) is 0 Å². The van der Waals surface area contributed by atoms with E-state index in [1.807, 2.05) is 0 Å². The van der Waals surface area contributed by atoms with Gasteiger partial charge in [-0.1, -0.05) is 167 Å². The van der Waals surface area contributed by atoms with Gasteiger partial charge in [0, 0.05) is 0 Å². The van der Waals surface area contributed by atoms with E-state index in [2.05, 4.69) is 43.5 Å². The molecular formula is C48H91NO10. The van der Waals surface area contributed by atoms with Crippen molar-refractivity contribution in [1.29, 1.82) is 0 Å². The minimum atomic E-state index is -1.67. The summed E-state index contributed by atoms with van der Waals surface area (Å²) in [5, 5.41) is 75.7. The Morgan fingerprint density at radius 2 is 1.00 bits per heavy atom. The molecule has 0 bridgehead atoms. The van der Waals surface area contributed by atoms with Crippen molar-refractivity contribution in [3.05, 3.63) is 24.3 Å². The quantitative estimate of drug-likeness (QED) is 0.0221. The predicted octanol–water partition coefficient (Wildman–Crippen LogP) is 8.23. The van der Waals surface area contributed by atoms with Crippen LogP contribution in [-0.2, 0) is 14.3 Å². The lowest BCUT2D eigenvalue weighted by atomic mass is 9.98. The van der Waals surface area contributed by atoms with Crippen molar-refractivity contribution in [2.24, 2.45) is 0 Å². The first-order chi connectivity index (χ1) is 28.7. The first-order valence-electron chi connectivity index (χ1n) is 24.2. The van der Waals surface area contributed by atoms with Crippen LogP contribution in [0.4, 0.5) is 0 Å². The number of amides is 1. The number of nitrogens with one attached hydrogen (secondary N) is 1. The summed E-state index contributed by atoms with van der Waals surface area (Å²) < 4.78 is 11.1. The highest BCUT2D eigenvalue weighted by Gasteiger charge is 2.44. The number of aliphatic hydroxyl groups is 7. The topological polar surface area (TPSA) is 189 Å². The highest BCUT2D eigenvalue weighted by molar-refractivity contribution is 5.80. The van der Waals surface area contributed by atoms with Crippen LogP contribution in [0, 0.1) is 0 Å². The van der Waals surface area contributed by atoms with E-state index in [-0.39, 0.29) is 12.8 Å². The van der Waals surface area contributed by atoms with Crippen LogP contribution in [-0.4, -0.2) is 110 Å². The zero-order chi connectivity index (χ0) is 43.4. The molecule has 0 radical (unpaired) electrons. The Balaban J connectivity index is 2.46. The summed E-state index contributed by atoms with van der Waals surface area (Å²) in [6.07, 6.45) is 30.8. The fraction of sp³-hybridized carbons (Fsp3) is 0.896. The van der Waals surface area contributed by atoms with Crippen LogP contribution in [0.2, 0.25) is 0 Å². The molecule has 0 aromatic carbocycles. The van der Waals surface area contributed by atoms with Gasteiger partial charge in [-0.2, -0.15) is 0 Å². The maximum atomic E-state index is 13.1. The second kappa shape index (κ2) is 38.3. The number of hydrogen-bond donors (Lipinski definition) is 8. The van der Waals surface area contributed by atoms with Gasteiger partial charge in [-0.25, -0.2) is 0 Å². The Morgan fingerprint density at radius 3 is 1.46 bits per heavy atom. The van der Waals surface area contributed by atoms with Crippen LogP contribution in [0.25, 0.3) is 0 Å². The van der Waals surface area contributed by atoms with Crippen LogP contribution in [0.5, 0.6) is 0 Å². The number of hydrogen-bond acceptors (Lipinski definition) is 10. The average Bonchev–Trinajstić information content (AvgIpc) is 3.23. The lowest BCUT2D eigenvalue weighted by molar-refractivity contribution is -0.303. The van der Waals surface area contributed by atoms with Crippen LogP contribution >= 0.6 is 0 Å². The van der Waals surface area contributed by atoms with Crippen molar-refractivity contribution in [1.82, 2.24) is 5.32 Å². The number of rotatable bonds is 40. The number of carbonyl (C=O) groups excluding carboxylic acids is 1. The SMILES string of the molecule is CCCCCCCC/C=C\CCCCCCCCC(O)C(=O)NC(COC1OC(CO)C(O)C(O)C1O)C(O)C(O)CCC/C=C/CCCCCCCCCCCCC. The third-order valence-electron chi connectivity index (χ3n) is 11.7. The molecule has 11 heteroatoms. The molecular weight excluding hydrogens is 751 g/mol. The van der Waals surface area contributed by atoms with E-state index >= 15 is 0 Å². The summed E-state index contributed by atoms with van der Waals surface area (Å²) in [5.41, 5.74) is 0. The Hall–Kier alpha value is -1.41. The minimum absolute atomic E-state index is 0.248.